The number of rotatable bonds is 3. The van der Waals surface area contributed by atoms with Gasteiger partial charge in [0.1, 0.15) is 11.6 Å². The maximum atomic E-state index is 13.4. The number of ether oxygens (including phenoxy) is 1. The maximum Gasteiger partial charge on any atom is 0.410 e. The number of carboxylic acid groups (broad SMARTS) is 1. The molecule has 1 aliphatic heterocycles. The Morgan fingerprint density at radius 1 is 1.42 bits per heavy atom. The van der Waals surface area contributed by atoms with E-state index in [0.29, 0.717) is 16.0 Å². The van der Waals surface area contributed by atoms with Crippen molar-refractivity contribution in [2.75, 3.05) is 12.4 Å². The van der Waals surface area contributed by atoms with Crippen LogP contribution < -0.4 is 15.2 Å². The van der Waals surface area contributed by atoms with Crippen molar-refractivity contribution < 1.29 is 27.8 Å². The number of aromatic carboxylic acids is 1. The number of methoxy groups -OCH3 is 1. The number of hydrogen-bond donors (Lipinski definition) is 1. The van der Waals surface area contributed by atoms with Crippen molar-refractivity contribution in [1.29, 1.82) is 0 Å². The van der Waals surface area contributed by atoms with Gasteiger partial charge >= 0.3 is 6.18 Å². The van der Waals surface area contributed by atoms with E-state index in [2.05, 4.69) is 10.4 Å². The fourth-order valence-electron chi connectivity index (χ4n) is 2.87. The average molecular weight is 340 g/mol. The second-order valence-corrected chi connectivity index (χ2v) is 5.37. The molecule has 0 amide bonds. The Balaban J connectivity index is 2.09. The zero-order valence-electron chi connectivity index (χ0n) is 12.5. The number of carboxylic acids is 1. The fourth-order valence-corrected chi connectivity index (χ4v) is 2.87. The standard InChI is InChI=1S/C15H14F3N3O3/c1-24-11-5-3-2-4-8(11)10-6-12(15(16,17)18)21-13(20-10)9(7-19-21)14(22)23/h2-5,7,10,12,20H,6H2,1H3,(H,22,23)/p-1/t10-,12-/m0/s1. The lowest BCUT2D eigenvalue weighted by atomic mass is 9.96. The second kappa shape index (κ2) is 5.73. The van der Waals surface area contributed by atoms with Gasteiger partial charge in [0.25, 0.3) is 0 Å². The van der Waals surface area contributed by atoms with E-state index in [1.807, 2.05) is 0 Å². The molecule has 0 aliphatic carbocycles. The summed E-state index contributed by atoms with van der Waals surface area (Å²) in [6.07, 6.45) is -4.06. The molecular formula is C15H13F3N3O3-. The van der Waals surface area contributed by atoms with Gasteiger partial charge in [-0.25, -0.2) is 4.68 Å². The lowest BCUT2D eigenvalue weighted by Crippen LogP contribution is -2.36. The number of nitrogens with one attached hydrogen (secondary N) is 1. The van der Waals surface area contributed by atoms with Crippen LogP contribution in [-0.4, -0.2) is 29.0 Å². The second-order valence-electron chi connectivity index (χ2n) is 5.37. The van der Waals surface area contributed by atoms with Crippen LogP contribution in [0.5, 0.6) is 5.75 Å². The monoisotopic (exact) mass is 340 g/mol. The fraction of sp³-hybridized carbons (Fsp3) is 0.333. The SMILES string of the molecule is COc1ccccc1[C@@H]1C[C@@H](C(F)(F)F)n2ncc(C(=O)[O-])c2N1. The molecule has 128 valence electrons. The van der Waals surface area contributed by atoms with Crippen molar-refractivity contribution in [3.05, 3.63) is 41.6 Å². The largest absolute Gasteiger partial charge is 0.545 e. The number of aromatic nitrogens is 2. The third-order valence-corrected chi connectivity index (χ3v) is 3.97. The molecule has 2 aromatic rings. The molecule has 1 aliphatic rings. The summed E-state index contributed by atoms with van der Waals surface area (Å²) in [5.74, 6) is -1.40. The Morgan fingerprint density at radius 3 is 2.75 bits per heavy atom. The number of carbonyl (C=O) groups excluding carboxylic acids is 1. The summed E-state index contributed by atoms with van der Waals surface area (Å²) < 4.78 is 46.1. The highest BCUT2D eigenvalue weighted by Gasteiger charge is 2.47. The van der Waals surface area contributed by atoms with Gasteiger partial charge in [0.05, 0.1) is 30.9 Å². The number of fused-ring (bicyclic) bond motifs is 1. The van der Waals surface area contributed by atoms with Gasteiger partial charge in [-0.2, -0.15) is 18.3 Å². The third-order valence-electron chi connectivity index (χ3n) is 3.97. The maximum absolute atomic E-state index is 13.4. The number of carbonyl (C=O) groups is 1. The van der Waals surface area contributed by atoms with Crippen LogP contribution in [0.2, 0.25) is 0 Å². The van der Waals surface area contributed by atoms with Crippen molar-refractivity contribution in [2.45, 2.75) is 24.7 Å². The first kappa shape index (κ1) is 16.2. The first-order valence-electron chi connectivity index (χ1n) is 7.08. The molecule has 0 fully saturated rings. The summed E-state index contributed by atoms with van der Waals surface area (Å²) in [6.45, 7) is 0. The molecule has 3 rings (SSSR count). The summed E-state index contributed by atoms with van der Waals surface area (Å²) in [7, 11) is 1.42. The van der Waals surface area contributed by atoms with Gasteiger partial charge in [-0.1, -0.05) is 18.2 Å². The van der Waals surface area contributed by atoms with Crippen LogP contribution in [0.15, 0.2) is 30.5 Å². The van der Waals surface area contributed by atoms with Crippen LogP contribution in [0.3, 0.4) is 0 Å². The van der Waals surface area contributed by atoms with E-state index in [1.165, 1.54) is 7.11 Å². The summed E-state index contributed by atoms with van der Waals surface area (Å²) >= 11 is 0. The van der Waals surface area contributed by atoms with Crippen LogP contribution in [0.1, 0.15) is 34.4 Å². The minimum absolute atomic E-state index is 0.223. The van der Waals surface area contributed by atoms with Gasteiger partial charge in [0.15, 0.2) is 6.04 Å². The number of halogens is 3. The molecular weight excluding hydrogens is 327 g/mol. The first-order valence-corrected chi connectivity index (χ1v) is 7.08. The summed E-state index contributed by atoms with van der Waals surface area (Å²) in [6, 6.07) is 3.91. The molecule has 1 aromatic heterocycles. The quantitative estimate of drug-likeness (QED) is 0.923. The van der Waals surface area contributed by atoms with Gasteiger partial charge < -0.3 is 20.0 Å². The van der Waals surface area contributed by atoms with E-state index < -0.39 is 29.8 Å². The molecule has 2 atom stereocenters. The molecule has 2 heterocycles. The highest BCUT2D eigenvalue weighted by atomic mass is 19.4. The van der Waals surface area contributed by atoms with Crippen molar-refractivity contribution >= 4 is 11.8 Å². The normalized spacial score (nSPS) is 20.2. The van der Waals surface area contributed by atoms with E-state index >= 15 is 0 Å². The van der Waals surface area contributed by atoms with Gasteiger partial charge in [-0.05, 0) is 6.07 Å². The lowest BCUT2D eigenvalue weighted by molar-refractivity contribution is -0.255. The number of alkyl halides is 3. The van der Waals surface area contributed by atoms with E-state index in [4.69, 9.17) is 4.74 Å². The van der Waals surface area contributed by atoms with Crippen LogP contribution >= 0.6 is 0 Å². The topological polar surface area (TPSA) is 79.2 Å². The highest BCUT2D eigenvalue weighted by Crippen LogP contribution is 2.45. The van der Waals surface area contributed by atoms with Gasteiger partial charge in [-0.3, -0.25) is 0 Å². The van der Waals surface area contributed by atoms with Crippen molar-refractivity contribution in [3.63, 3.8) is 0 Å². The Kier molecular flexibility index (Phi) is 3.86. The van der Waals surface area contributed by atoms with E-state index in [0.717, 1.165) is 6.20 Å². The lowest BCUT2D eigenvalue weighted by Gasteiger charge is -2.34. The third kappa shape index (κ3) is 2.66. The Bertz CT molecular complexity index is 773. The average Bonchev–Trinajstić information content (AvgIpc) is 2.96. The van der Waals surface area contributed by atoms with Gasteiger partial charge in [-0.15, -0.1) is 0 Å². The number of para-hydroxylation sites is 1. The van der Waals surface area contributed by atoms with Crippen LogP contribution in [0.4, 0.5) is 19.0 Å². The molecule has 0 spiro atoms. The molecule has 9 heteroatoms. The van der Waals surface area contributed by atoms with E-state index in [-0.39, 0.29) is 12.2 Å². The molecule has 1 N–H and O–H groups in total. The zero-order valence-corrected chi connectivity index (χ0v) is 12.5. The zero-order chi connectivity index (χ0) is 17.5. The van der Waals surface area contributed by atoms with Crippen molar-refractivity contribution in [1.82, 2.24) is 9.78 Å². The number of nitrogens with zero attached hydrogens (tertiary/aromatic N) is 2. The molecule has 1 aromatic carbocycles. The number of hydrogen-bond acceptors (Lipinski definition) is 5. The van der Waals surface area contributed by atoms with E-state index in [9.17, 15) is 23.1 Å². The minimum Gasteiger partial charge on any atom is -0.545 e. The molecule has 0 saturated heterocycles. The van der Waals surface area contributed by atoms with Crippen LogP contribution in [-0.2, 0) is 0 Å². The van der Waals surface area contributed by atoms with Crippen LogP contribution in [0.25, 0.3) is 0 Å². The predicted octanol–water partition coefficient (Wildman–Crippen LogP) is 1.92. The Labute approximate surface area is 134 Å². The summed E-state index contributed by atoms with van der Waals surface area (Å²) in [5, 5.41) is 17.5. The predicted molar refractivity (Wildman–Crippen MR) is 75.6 cm³/mol. The van der Waals surface area contributed by atoms with Crippen molar-refractivity contribution in [2.24, 2.45) is 0 Å². The molecule has 0 unspecified atom stereocenters. The van der Waals surface area contributed by atoms with Crippen molar-refractivity contribution in [3.8, 4) is 5.75 Å². The van der Waals surface area contributed by atoms with Gasteiger partial charge in [0.2, 0.25) is 0 Å². The van der Waals surface area contributed by atoms with Crippen LogP contribution in [0, 0.1) is 0 Å². The molecule has 6 nitrogen and oxygen atoms in total. The number of anilines is 1. The molecule has 0 bridgehead atoms. The Morgan fingerprint density at radius 2 is 2.12 bits per heavy atom. The number of benzene rings is 1. The summed E-state index contributed by atoms with van der Waals surface area (Å²) in [4.78, 5) is 11.1. The molecule has 0 saturated carbocycles. The highest BCUT2D eigenvalue weighted by molar-refractivity contribution is 5.91. The van der Waals surface area contributed by atoms with Gasteiger partial charge in [0, 0.05) is 12.0 Å². The first-order chi connectivity index (χ1) is 11.3. The van der Waals surface area contributed by atoms with E-state index in [1.54, 1.807) is 24.3 Å². The molecule has 24 heavy (non-hydrogen) atoms. The smallest absolute Gasteiger partial charge is 0.410 e. The minimum atomic E-state index is -4.58. The summed E-state index contributed by atoms with van der Waals surface area (Å²) in [5.41, 5.74) is 0.0924. The molecule has 0 radical (unpaired) electrons. The Hall–Kier alpha value is -2.71.